The number of imidazole rings is 1. The zero-order valence-corrected chi connectivity index (χ0v) is 14.4. The van der Waals surface area contributed by atoms with Crippen LogP contribution in [0.15, 0.2) is 40.2 Å². The van der Waals surface area contributed by atoms with Crippen LogP contribution in [0.4, 0.5) is 0 Å². The van der Waals surface area contributed by atoms with Gasteiger partial charge in [-0.1, -0.05) is 6.07 Å². The number of pyridine rings is 1. The van der Waals surface area contributed by atoms with Crippen LogP contribution in [0.2, 0.25) is 0 Å². The molecule has 4 aromatic rings. The fourth-order valence-electron chi connectivity index (χ4n) is 3.33. The maximum Gasteiger partial charge on any atom is 0.327 e. The van der Waals surface area contributed by atoms with E-state index < -0.39 is 11.2 Å². The molecule has 27 heavy (non-hydrogen) atoms. The predicted octanol–water partition coefficient (Wildman–Crippen LogP) is 1.20. The highest BCUT2D eigenvalue weighted by Gasteiger charge is 2.27. The number of nitrogens with zero attached hydrogens (tertiary/aromatic N) is 4. The number of aromatic nitrogens is 7. The van der Waals surface area contributed by atoms with Crippen molar-refractivity contribution < 1.29 is 0 Å². The molecule has 4 aromatic heterocycles. The van der Waals surface area contributed by atoms with Gasteiger partial charge >= 0.3 is 5.69 Å². The first-order valence-corrected chi connectivity index (χ1v) is 8.85. The molecule has 136 valence electrons. The molecule has 0 bridgehead atoms. The number of hydrogen-bond acceptors (Lipinski definition) is 5. The van der Waals surface area contributed by atoms with Crippen molar-refractivity contribution in [2.45, 2.75) is 25.8 Å². The van der Waals surface area contributed by atoms with Crippen LogP contribution in [0.5, 0.6) is 0 Å². The van der Waals surface area contributed by atoms with Crippen LogP contribution in [0, 0.1) is 5.92 Å². The van der Waals surface area contributed by atoms with Gasteiger partial charge in [-0.3, -0.25) is 24.8 Å². The molecule has 0 aromatic carbocycles. The Balaban J connectivity index is 1.67. The van der Waals surface area contributed by atoms with Gasteiger partial charge in [-0.2, -0.15) is 5.10 Å². The molecular formula is C18H17N7O2. The molecular weight excluding hydrogens is 346 g/mol. The summed E-state index contributed by atoms with van der Waals surface area (Å²) in [6.45, 7) is 0.690. The molecule has 0 aliphatic heterocycles. The topological polar surface area (TPSA) is 125 Å². The van der Waals surface area contributed by atoms with E-state index in [4.69, 9.17) is 0 Å². The average molecular weight is 363 g/mol. The minimum Gasteiger partial charge on any atom is -0.318 e. The Labute approximate surface area is 152 Å². The van der Waals surface area contributed by atoms with Crippen LogP contribution >= 0.6 is 0 Å². The van der Waals surface area contributed by atoms with Crippen LogP contribution < -0.4 is 11.2 Å². The molecule has 0 spiro atoms. The molecule has 1 aliphatic rings. The van der Waals surface area contributed by atoms with Gasteiger partial charge in [0.25, 0.3) is 5.56 Å². The summed E-state index contributed by atoms with van der Waals surface area (Å²) >= 11 is 0. The minimum absolute atomic E-state index is 0.296. The SMILES string of the molecule is O=c1[nH]c(=O)c2c(nc(-c3c[nH]nc3Cc3ccccn3)n2CC2CC2)[nH]1. The van der Waals surface area contributed by atoms with Crippen LogP contribution in [-0.4, -0.2) is 34.7 Å². The van der Waals surface area contributed by atoms with Crippen LogP contribution in [-0.2, 0) is 13.0 Å². The maximum atomic E-state index is 12.4. The first kappa shape index (κ1) is 15.7. The lowest BCUT2D eigenvalue weighted by Gasteiger charge is -2.08. The Morgan fingerprint density at radius 3 is 2.85 bits per heavy atom. The third-order valence-electron chi connectivity index (χ3n) is 4.81. The van der Waals surface area contributed by atoms with Gasteiger partial charge in [-0.25, -0.2) is 9.78 Å². The number of hydrogen-bond donors (Lipinski definition) is 3. The highest BCUT2D eigenvalue weighted by molar-refractivity contribution is 5.76. The molecule has 1 fully saturated rings. The molecule has 3 N–H and O–H groups in total. The van der Waals surface area contributed by atoms with E-state index in [1.807, 2.05) is 22.8 Å². The van der Waals surface area contributed by atoms with E-state index >= 15 is 0 Å². The average Bonchev–Trinajstić information content (AvgIpc) is 3.23. The molecule has 0 amide bonds. The number of H-pyrrole nitrogens is 3. The quantitative estimate of drug-likeness (QED) is 0.491. The molecule has 0 radical (unpaired) electrons. The summed E-state index contributed by atoms with van der Waals surface area (Å²) in [5, 5.41) is 7.25. The number of nitrogens with one attached hydrogen (secondary N) is 3. The summed E-state index contributed by atoms with van der Waals surface area (Å²) in [6, 6.07) is 5.74. The molecule has 0 saturated heterocycles. The van der Waals surface area contributed by atoms with Crippen molar-refractivity contribution >= 4 is 11.2 Å². The van der Waals surface area contributed by atoms with Gasteiger partial charge in [-0.15, -0.1) is 0 Å². The maximum absolute atomic E-state index is 12.4. The Kier molecular flexibility index (Phi) is 3.52. The van der Waals surface area contributed by atoms with Gasteiger partial charge in [0.2, 0.25) is 0 Å². The Morgan fingerprint density at radius 1 is 1.19 bits per heavy atom. The normalized spacial score (nSPS) is 14.1. The van der Waals surface area contributed by atoms with E-state index in [0.29, 0.717) is 35.9 Å². The molecule has 9 heteroatoms. The Morgan fingerprint density at radius 2 is 2.07 bits per heavy atom. The number of aromatic amines is 3. The molecule has 5 rings (SSSR count). The van der Waals surface area contributed by atoms with Crippen molar-refractivity contribution in [2.75, 3.05) is 0 Å². The van der Waals surface area contributed by atoms with Crippen molar-refractivity contribution in [3.05, 3.63) is 62.8 Å². The molecule has 9 nitrogen and oxygen atoms in total. The Hall–Kier alpha value is -3.49. The monoisotopic (exact) mass is 363 g/mol. The Bertz CT molecular complexity index is 1230. The second kappa shape index (κ2) is 6.04. The van der Waals surface area contributed by atoms with Crippen LogP contribution in [0.25, 0.3) is 22.6 Å². The lowest BCUT2D eigenvalue weighted by Crippen LogP contribution is -2.23. The minimum atomic E-state index is -0.559. The fourth-order valence-corrected chi connectivity index (χ4v) is 3.33. The first-order chi connectivity index (χ1) is 13.2. The van der Waals surface area contributed by atoms with Crippen molar-refractivity contribution in [1.29, 1.82) is 0 Å². The first-order valence-electron chi connectivity index (χ1n) is 8.85. The highest BCUT2D eigenvalue weighted by Crippen LogP contribution is 2.34. The van der Waals surface area contributed by atoms with Gasteiger partial charge in [0, 0.05) is 31.1 Å². The van der Waals surface area contributed by atoms with Crippen LogP contribution in [0.1, 0.15) is 24.2 Å². The van der Waals surface area contributed by atoms with Gasteiger partial charge in [0.1, 0.15) is 5.82 Å². The largest absolute Gasteiger partial charge is 0.327 e. The lowest BCUT2D eigenvalue weighted by atomic mass is 10.1. The number of fused-ring (bicyclic) bond motifs is 1. The zero-order valence-electron chi connectivity index (χ0n) is 14.4. The summed E-state index contributed by atoms with van der Waals surface area (Å²) in [5.41, 5.74) is 2.18. The van der Waals surface area contributed by atoms with E-state index in [1.165, 1.54) is 0 Å². The van der Waals surface area contributed by atoms with Crippen molar-refractivity contribution in [3.63, 3.8) is 0 Å². The standard InChI is InChI=1S/C18H17N7O2/c26-17-14-15(22-18(27)23-17)21-16(25(14)9-10-4-5-10)12-8-20-24-13(12)7-11-3-1-2-6-19-11/h1-3,6,8,10H,4-5,7,9H2,(H,20,24)(H2,22,23,26,27). The van der Waals surface area contributed by atoms with E-state index in [0.717, 1.165) is 29.8 Å². The van der Waals surface area contributed by atoms with Gasteiger partial charge in [0.05, 0.1) is 11.3 Å². The van der Waals surface area contributed by atoms with Crippen molar-refractivity contribution in [2.24, 2.45) is 5.92 Å². The van der Waals surface area contributed by atoms with Gasteiger partial charge in [-0.05, 0) is 30.9 Å². The summed E-state index contributed by atoms with van der Waals surface area (Å²) in [4.78, 5) is 37.9. The van der Waals surface area contributed by atoms with Crippen LogP contribution in [0.3, 0.4) is 0 Å². The van der Waals surface area contributed by atoms with E-state index in [1.54, 1.807) is 12.4 Å². The number of rotatable bonds is 5. The summed E-state index contributed by atoms with van der Waals surface area (Å²) in [7, 11) is 0. The second-order valence-electron chi connectivity index (χ2n) is 6.84. The molecule has 1 saturated carbocycles. The van der Waals surface area contributed by atoms with Crippen molar-refractivity contribution in [1.82, 2.24) is 34.7 Å². The highest BCUT2D eigenvalue weighted by atomic mass is 16.2. The smallest absolute Gasteiger partial charge is 0.318 e. The predicted molar refractivity (Wildman–Crippen MR) is 98.3 cm³/mol. The van der Waals surface area contributed by atoms with Gasteiger partial charge < -0.3 is 4.57 Å². The molecule has 0 atom stereocenters. The third-order valence-corrected chi connectivity index (χ3v) is 4.81. The summed E-state index contributed by atoms with van der Waals surface area (Å²) in [6.07, 6.45) is 6.32. The summed E-state index contributed by atoms with van der Waals surface area (Å²) < 4.78 is 1.90. The van der Waals surface area contributed by atoms with E-state index in [-0.39, 0.29) is 0 Å². The fraction of sp³-hybridized carbons (Fsp3) is 0.278. The van der Waals surface area contributed by atoms with Gasteiger partial charge in [0.15, 0.2) is 11.2 Å². The zero-order chi connectivity index (χ0) is 18.4. The van der Waals surface area contributed by atoms with E-state index in [2.05, 4.69) is 30.1 Å². The summed E-state index contributed by atoms with van der Waals surface area (Å²) in [5.74, 6) is 1.16. The molecule has 1 aliphatic carbocycles. The van der Waals surface area contributed by atoms with E-state index in [9.17, 15) is 9.59 Å². The third kappa shape index (κ3) is 2.86. The molecule has 0 unspecified atom stereocenters. The lowest BCUT2D eigenvalue weighted by molar-refractivity contribution is 0.646. The molecule has 4 heterocycles. The second-order valence-corrected chi connectivity index (χ2v) is 6.84. The van der Waals surface area contributed by atoms with Crippen molar-refractivity contribution in [3.8, 4) is 11.4 Å².